The van der Waals surface area contributed by atoms with Crippen LogP contribution in [0.5, 0.6) is 5.75 Å². The first kappa shape index (κ1) is 20.4. The lowest BCUT2D eigenvalue weighted by atomic mass is 9.85. The van der Waals surface area contributed by atoms with E-state index in [2.05, 4.69) is 14.7 Å². The zero-order valence-corrected chi connectivity index (χ0v) is 17.6. The highest BCUT2D eigenvalue weighted by molar-refractivity contribution is 7.89. The van der Waals surface area contributed by atoms with E-state index in [1.807, 2.05) is 63.2 Å². The molecule has 0 aliphatic carbocycles. The molecule has 150 valence electrons. The van der Waals surface area contributed by atoms with Crippen molar-refractivity contribution in [1.29, 1.82) is 0 Å². The van der Waals surface area contributed by atoms with Crippen molar-refractivity contribution in [3.8, 4) is 17.1 Å². The fourth-order valence-corrected chi connectivity index (χ4v) is 4.31. The highest BCUT2D eigenvalue weighted by Crippen LogP contribution is 2.28. The summed E-state index contributed by atoms with van der Waals surface area (Å²) in [6.45, 7) is 6.27. The minimum absolute atomic E-state index is 0.147. The number of aromatic amines is 1. The average Bonchev–Trinajstić information content (AvgIpc) is 3.10. The molecule has 28 heavy (non-hydrogen) atoms. The lowest BCUT2D eigenvalue weighted by molar-refractivity contribution is 0.415. The lowest BCUT2D eigenvalue weighted by Gasteiger charge is -2.25. The van der Waals surface area contributed by atoms with Gasteiger partial charge in [-0.25, -0.2) is 18.1 Å². The first-order valence-electron chi connectivity index (χ1n) is 9.36. The second-order valence-corrected chi connectivity index (χ2v) is 9.50. The summed E-state index contributed by atoms with van der Waals surface area (Å²) in [5.74, 6) is 1.74. The van der Waals surface area contributed by atoms with E-state index >= 15 is 0 Å². The van der Waals surface area contributed by atoms with Crippen LogP contribution in [-0.4, -0.2) is 37.8 Å². The Hall–Kier alpha value is -2.38. The first-order chi connectivity index (χ1) is 13.2. The van der Waals surface area contributed by atoms with Crippen LogP contribution in [0, 0.1) is 0 Å². The monoisotopic (exact) mass is 401 g/mol. The molecule has 0 amide bonds. The van der Waals surface area contributed by atoms with Gasteiger partial charge in [-0.2, -0.15) is 0 Å². The van der Waals surface area contributed by atoms with E-state index < -0.39 is 10.0 Å². The van der Waals surface area contributed by atoms with E-state index in [0.29, 0.717) is 13.0 Å². The number of hydrogen-bond acceptors (Lipinski definition) is 4. The fourth-order valence-electron chi connectivity index (χ4n) is 3.05. The molecule has 0 saturated carbocycles. The Bertz CT molecular complexity index is 1050. The van der Waals surface area contributed by atoms with Crippen LogP contribution in [0.1, 0.15) is 32.8 Å². The van der Waals surface area contributed by atoms with Crippen molar-refractivity contribution in [2.24, 2.45) is 0 Å². The van der Waals surface area contributed by atoms with Crippen LogP contribution in [0.4, 0.5) is 0 Å². The molecule has 0 aliphatic rings. The van der Waals surface area contributed by atoms with Gasteiger partial charge in [0.15, 0.2) is 0 Å². The van der Waals surface area contributed by atoms with Gasteiger partial charge in [0.25, 0.3) is 0 Å². The maximum atomic E-state index is 12.0. The van der Waals surface area contributed by atoms with Crippen molar-refractivity contribution < 1.29 is 13.2 Å². The third-order valence-electron chi connectivity index (χ3n) is 4.83. The summed E-state index contributed by atoms with van der Waals surface area (Å²) in [5, 5.41) is 0. The third-order valence-corrected chi connectivity index (χ3v) is 6.36. The summed E-state index contributed by atoms with van der Waals surface area (Å²) in [6, 6.07) is 13.8. The maximum Gasteiger partial charge on any atom is 0.211 e. The topological polar surface area (TPSA) is 84.1 Å². The van der Waals surface area contributed by atoms with Gasteiger partial charge in [0.1, 0.15) is 11.6 Å². The number of nitrogens with zero attached hydrogens (tertiary/aromatic N) is 1. The van der Waals surface area contributed by atoms with Crippen molar-refractivity contribution in [3.63, 3.8) is 0 Å². The molecular weight excluding hydrogens is 374 g/mol. The number of aromatic nitrogens is 2. The number of methoxy groups -OCH3 is 1. The Morgan fingerprint density at radius 1 is 1.14 bits per heavy atom. The minimum atomic E-state index is -3.23. The molecule has 0 spiro atoms. The second kappa shape index (κ2) is 7.93. The molecule has 0 fully saturated rings. The van der Waals surface area contributed by atoms with Gasteiger partial charge >= 0.3 is 0 Å². The fraction of sp³-hybridized carbons (Fsp3) is 0.381. The van der Waals surface area contributed by atoms with Crippen molar-refractivity contribution in [1.82, 2.24) is 14.7 Å². The van der Waals surface area contributed by atoms with Crippen LogP contribution in [0.2, 0.25) is 0 Å². The van der Waals surface area contributed by atoms with Crippen molar-refractivity contribution in [2.75, 3.05) is 19.4 Å². The highest BCUT2D eigenvalue weighted by Gasteiger charge is 2.24. The quantitative estimate of drug-likeness (QED) is 0.601. The van der Waals surface area contributed by atoms with Crippen LogP contribution in [0.15, 0.2) is 42.5 Å². The van der Waals surface area contributed by atoms with Gasteiger partial charge in [-0.1, -0.05) is 26.8 Å². The lowest BCUT2D eigenvalue weighted by Crippen LogP contribution is -2.37. The predicted octanol–water partition coefficient (Wildman–Crippen LogP) is 3.85. The number of H-pyrrole nitrogens is 1. The third kappa shape index (κ3) is 4.54. The van der Waals surface area contributed by atoms with Crippen molar-refractivity contribution in [2.45, 2.75) is 32.6 Å². The Balaban J connectivity index is 1.85. The first-order valence-corrected chi connectivity index (χ1v) is 11.0. The van der Waals surface area contributed by atoms with E-state index in [1.54, 1.807) is 7.11 Å². The molecule has 0 aliphatic heterocycles. The van der Waals surface area contributed by atoms with Crippen LogP contribution in [-0.2, 0) is 15.4 Å². The van der Waals surface area contributed by atoms with Crippen LogP contribution < -0.4 is 9.46 Å². The number of rotatable bonds is 8. The van der Waals surface area contributed by atoms with Crippen LogP contribution in [0.3, 0.4) is 0 Å². The molecule has 0 radical (unpaired) electrons. The largest absolute Gasteiger partial charge is 0.497 e. The summed E-state index contributed by atoms with van der Waals surface area (Å²) in [7, 11) is -1.59. The van der Waals surface area contributed by atoms with Gasteiger partial charge in [-0.05, 0) is 48.4 Å². The van der Waals surface area contributed by atoms with E-state index in [0.717, 1.165) is 33.7 Å². The molecule has 6 nitrogen and oxygen atoms in total. The number of hydrogen-bond donors (Lipinski definition) is 2. The standard InChI is InChI=1S/C21H27N3O3S/c1-5-12-28(25,26)22-14-21(2,3)16-8-11-18-19(13-16)24-20(23-18)15-6-9-17(27-4)10-7-15/h6-11,13,22H,5,12,14H2,1-4H3,(H,23,24). The predicted molar refractivity (Wildman–Crippen MR) is 113 cm³/mol. The Kier molecular flexibility index (Phi) is 5.76. The molecule has 0 bridgehead atoms. The Labute approximate surface area is 166 Å². The maximum absolute atomic E-state index is 12.0. The van der Waals surface area contributed by atoms with E-state index in [-0.39, 0.29) is 11.2 Å². The molecule has 7 heteroatoms. The molecule has 1 heterocycles. The number of fused-ring (bicyclic) bond motifs is 1. The number of sulfonamides is 1. The molecule has 3 aromatic rings. The number of imidazole rings is 1. The van der Waals surface area contributed by atoms with Gasteiger partial charge in [0, 0.05) is 17.5 Å². The second-order valence-electron chi connectivity index (χ2n) is 7.57. The summed E-state index contributed by atoms with van der Waals surface area (Å²) in [5.41, 5.74) is 3.47. The van der Waals surface area contributed by atoms with E-state index in [1.165, 1.54) is 0 Å². The van der Waals surface area contributed by atoms with Crippen LogP contribution in [0.25, 0.3) is 22.4 Å². The molecule has 2 aromatic carbocycles. The molecule has 3 rings (SSSR count). The highest BCUT2D eigenvalue weighted by atomic mass is 32.2. The molecule has 0 unspecified atom stereocenters. The van der Waals surface area contributed by atoms with Gasteiger partial charge in [-0.3, -0.25) is 0 Å². The number of benzene rings is 2. The number of nitrogens with one attached hydrogen (secondary N) is 2. The van der Waals surface area contributed by atoms with Crippen LogP contribution >= 0.6 is 0 Å². The smallest absolute Gasteiger partial charge is 0.211 e. The van der Waals surface area contributed by atoms with Crippen molar-refractivity contribution >= 4 is 21.1 Å². The normalized spacial score (nSPS) is 12.4. The molecule has 2 N–H and O–H groups in total. The van der Waals surface area contributed by atoms with Gasteiger partial charge in [0.05, 0.1) is 23.9 Å². The number of ether oxygens (including phenoxy) is 1. The molecular formula is C21H27N3O3S. The van der Waals surface area contributed by atoms with Gasteiger partial charge < -0.3 is 9.72 Å². The van der Waals surface area contributed by atoms with E-state index in [4.69, 9.17) is 4.74 Å². The zero-order chi connectivity index (χ0) is 20.4. The summed E-state index contributed by atoms with van der Waals surface area (Å²) < 4.78 is 31.9. The zero-order valence-electron chi connectivity index (χ0n) is 16.7. The molecule has 0 saturated heterocycles. The Morgan fingerprint density at radius 2 is 1.86 bits per heavy atom. The average molecular weight is 402 g/mol. The molecule has 0 atom stereocenters. The minimum Gasteiger partial charge on any atom is -0.497 e. The van der Waals surface area contributed by atoms with Crippen molar-refractivity contribution in [3.05, 3.63) is 48.0 Å². The van der Waals surface area contributed by atoms with Gasteiger partial charge in [0.2, 0.25) is 10.0 Å². The van der Waals surface area contributed by atoms with Gasteiger partial charge in [-0.15, -0.1) is 0 Å². The summed E-state index contributed by atoms with van der Waals surface area (Å²) >= 11 is 0. The summed E-state index contributed by atoms with van der Waals surface area (Å²) in [4.78, 5) is 8.03. The Morgan fingerprint density at radius 3 is 2.50 bits per heavy atom. The SMILES string of the molecule is CCCS(=O)(=O)NCC(C)(C)c1ccc2nc(-c3ccc(OC)cc3)[nH]c2c1. The summed E-state index contributed by atoms with van der Waals surface area (Å²) in [6.07, 6.45) is 0.601. The molecule has 1 aromatic heterocycles. The van der Waals surface area contributed by atoms with E-state index in [9.17, 15) is 8.42 Å².